The Morgan fingerprint density at radius 1 is 1.44 bits per heavy atom. The van der Waals surface area contributed by atoms with Gasteiger partial charge in [-0.1, -0.05) is 6.07 Å². The van der Waals surface area contributed by atoms with Gasteiger partial charge in [-0.05, 0) is 52.7 Å². The summed E-state index contributed by atoms with van der Waals surface area (Å²) >= 11 is 5.13. The Hall–Kier alpha value is -0.520. The average Bonchev–Trinajstić information content (AvgIpc) is 2.33. The second kappa shape index (κ2) is 8.56. The Labute approximate surface area is 120 Å². The van der Waals surface area contributed by atoms with Gasteiger partial charge in [0.15, 0.2) is 0 Å². The van der Waals surface area contributed by atoms with Crippen LogP contribution in [0.3, 0.4) is 0 Å². The van der Waals surface area contributed by atoms with Crippen LogP contribution in [0.5, 0.6) is 0 Å². The highest BCUT2D eigenvalue weighted by Gasteiger charge is 2.08. The van der Waals surface area contributed by atoms with Crippen LogP contribution in [0.4, 0.5) is 0 Å². The summed E-state index contributed by atoms with van der Waals surface area (Å²) in [6.45, 7) is 2.87. The maximum absolute atomic E-state index is 11.9. The number of aliphatic hydroxyl groups is 1. The van der Waals surface area contributed by atoms with E-state index in [1.807, 2.05) is 25.1 Å². The summed E-state index contributed by atoms with van der Waals surface area (Å²) in [7, 11) is 0. The number of rotatable bonds is 7. The molecule has 0 aliphatic carbocycles. The van der Waals surface area contributed by atoms with Crippen LogP contribution in [-0.4, -0.2) is 35.7 Å². The van der Waals surface area contributed by atoms with E-state index in [1.165, 1.54) is 0 Å². The molecule has 5 heteroatoms. The lowest BCUT2D eigenvalue weighted by Gasteiger charge is -2.07. The first-order valence-electron chi connectivity index (χ1n) is 5.88. The summed E-state index contributed by atoms with van der Waals surface area (Å²) in [5.41, 5.74) is 1.79. The maximum Gasteiger partial charge on any atom is 0.252 e. The van der Waals surface area contributed by atoms with Crippen molar-refractivity contribution >= 4 is 33.6 Å². The Morgan fingerprint density at radius 2 is 2.22 bits per heavy atom. The monoisotopic (exact) mass is 331 g/mol. The zero-order valence-corrected chi connectivity index (χ0v) is 12.8. The summed E-state index contributed by atoms with van der Waals surface area (Å²) in [6.07, 6.45) is 0.808. The number of aliphatic hydroxyl groups excluding tert-OH is 1. The molecule has 0 aliphatic heterocycles. The standard InChI is InChI=1S/C13H18BrNO2S/c1-10-3-4-11(12(14)9-10)13(17)15-5-8-18-7-2-6-16/h3-4,9,16H,2,5-8H2,1H3,(H,15,17). The van der Waals surface area contributed by atoms with Gasteiger partial charge in [0.2, 0.25) is 0 Å². The summed E-state index contributed by atoms with van der Waals surface area (Å²) in [5.74, 6) is 1.75. The number of amides is 1. The molecule has 0 heterocycles. The van der Waals surface area contributed by atoms with Crippen molar-refractivity contribution in [3.63, 3.8) is 0 Å². The third-order valence-corrected chi connectivity index (χ3v) is 4.07. The molecule has 0 aromatic heterocycles. The molecule has 100 valence electrons. The van der Waals surface area contributed by atoms with Gasteiger partial charge in [-0.15, -0.1) is 0 Å². The molecule has 18 heavy (non-hydrogen) atoms. The van der Waals surface area contributed by atoms with Crippen molar-refractivity contribution in [1.82, 2.24) is 5.32 Å². The Morgan fingerprint density at radius 3 is 2.89 bits per heavy atom. The van der Waals surface area contributed by atoms with Crippen molar-refractivity contribution in [3.05, 3.63) is 33.8 Å². The number of nitrogens with one attached hydrogen (secondary N) is 1. The first-order chi connectivity index (χ1) is 8.65. The van der Waals surface area contributed by atoms with E-state index >= 15 is 0 Å². The van der Waals surface area contributed by atoms with Crippen molar-refractivity contribution in [2.24, 2.45) is 0 Å². The van der Waals surface area contributed by atoms with Gasteiger partial charge in [-0.25, -0.2) is 0 Å². The van der Waals surface area contributed by atoms with Crippen molar-refractivity contribution < 1.29 is 9.90 Å². The van der Waals surface area contributed by atoms with Crippen molar-refractivity contribution in [3.8, 4) is 0 Å². The van der Waals surface area contributed by atoms with Crippen LogP contribution in [0.2, 0.25) is 0 Å². The van der Waals surface area contributed by atoms with Gasteiger partial charge in [-0.3, -0.25) is 4.79 Å². The van der Waals surface area contributed by atoms with E-state index in [-0.39, 0.29) is 12.5 Å². The summed E-state index contributed by atoms with van der Waals surface area (Å²) in [5, 5.41) is 11.5. The number of carbonyl (C=O) groups is 1. The molecular formula is C13H18BrNO2S. The number of benzene rings is 1. The lowest BCUT2D eigenvalue weighted by atomic mass is 10.1. The summed E-state index contributed by atoms with van der Waals surface area (Å²) in [6, 6.07) is 5.69. The fourth-order valence-corrected chi connectivity index (χ4v) is 2.86. The van der Waals surface area contributed by atoms with Crippen molar-refractivity contribution in [2.45, 2.75) is 13.3 Å². The highest BCUT2D eigenvalue weighted by atomic mass is 79.9. The molecule has 1 aromatic carbocycles. The van der Waals surface area contributed by atoms with Crippen molar-refractivity contribution in [2.75, 3.05) is 24.7 Å². The van der Waals surface area contributed by atoms with Crippen LogP contribution in [0.25, 0.3) is 0 Å². The number of halogens is 1. The fourth-order valence-electron chi connectivity index (χ4n) is 1.40. The third-order valence-electron chi connectivity index (χ3n) is 2.35. The number of carbonyl (C=O) groups excluding carboxylic acids is 1. The summed E-state index contributed by atoms with van der Waals surface area (Å²) < 4.78 is 0.827. The van der Waals surface area contributed by atoms with E-state index in [9.17, 15) is 4.79 Å². The Bertz CT molecular complexity index is 399. The van der Waals surface area contributed by atoms with E-state index in [2.05, 4.69) is 21.2 Å². The molecule has 3 nitrogen and oxygen atoms in total. The van der Waals surface area contributed by atoms with Gasteiger partial charge in [0.05, 0.1) is 5.56 Å². The largest absolute Gasteiger partial charge is 0.396 e. The number of aryl methyl sites for hydroxylation is 1. The molecule has 1 amide bonds. The number of hydrogen-bond acceptors (Lipinski definition) is 3. The van der Waals surface area contributed by atoms with E-state index in [0.717, 1.165) is 28.0 Å². The highest BCUT2D eigenvalue weighted by molar-refractivity contribution is 9.10. The quantitative estimate of drug-likeness (QED) is 0.755. The van der Waals surface area contributed by atoms with Gasteiger partial charge in [0.1, 0.15) is 0 Å². The molecule has 0 aliphatic rings. The second-order valence-electron chi connectivity index (χ2n) is 3.93. The highest BCUT2D eigenvalue weighted by Crippen LogP contribution is 2.18. The van der Waals surface area contributed by atoms with Crippen LogP contribution in [-0.2, 0) is 0 Å². The lowest BCUT2D eigenvalue weighted by Crippen LogP contribution is -2.26. The second-order valence-corrected chi connectivity index (χ2v) is 6.01. The van der Waals surface area contributed by atoms with Crippen LogP contribution in [0.1, 0.15) is 22.3 Å². The van der Waals surface area contributed by atoms with Gasteiger partial charge in [-0.2, -0.15) is 11.8 Å². The molecule has 2 N–H and O–H groups in total. The van der Waals surface area contributed by atoms with Crippen LogP contribution in [0, 0.1) is 6.92 Å². The molecule has 0 saturated carbocycles. The molecule has 0 unspecified atom stereocenters. The fraction of sp³-hybridized carbons (Fsp3) is 0.462. The van der Waals surface area contributed by atoms with E-state index < -0.39 is 0 Å². The maximum atomic E-state index is 11.9. The summed E-state index contributed by atoms with van der Waals surface area (Å²) in [4.78, 5) is 11.9. The first-order valence-corrected chi connectivity index (χ1v) is 7.83. The molecule has 1 rings (SSSR count). The Kier molecular flexibility index (Phi) is 7.39. The molecule has 0 spiro atoms. The first kappa shape index (κ1) is 15.5. The minimum Gasteiger partial charge on any atom is -0.396 e. The normalized spacial score (nSPS) is 10.4. The van der Waals surface area contributed by atoms with Crippen molar-refractivity contribution in [1.29, 1.82) is 0 Å². The van der Waals surface area contributed by atoms with Crippen LogP contribution >= 0.6 is 27.7 Å². The average molecular weight is 332 g/mol. The molecule has 0 fully saturated rings. The molecular weight excluding hydrogens is 314 g/mol. The zero-order valence-electron chi connectivity index (χ0n) is 10.4. The van der Waals surface area contributed by atoms with Gasteiger partial charge in [0, 0.05) is 23.4 Å². The minimum atomic E-state index is -0.0513. The Balaban J connectivity index is 2.32. The smallest absolute Gasteiger partial charge is 0.252 e. The predicted molar refractivity (Wildman–Crippen MR) is 80.2 cm³/mol. The molecule has 0 atom stereocenters. The molecule has 0 radical (unpaired) electrons. The van der Waals surface area contributed by atoms with Gasteiger partial charge < -0.3 is 10.4 Å². The predicted octanol–water partition coefficient (Wildman–Crippen LogP) is 2.60. The minimum absolute atomic E-state index is 0.0513. The van der Waals surface area contributed by atoms with Crippen LogP contribution < -0.4 is 5.32 Å². The molecule has 0 bridgehead atoms. The van der Waals surface area contributed by atoms with Gasteiger partial charge in [0.25, 0.3) is 5.91 Å². The van der Waals surface area contributed by atoms with E-state index in [1.54, 1.807) is 11.8 Å². The molecule has 1 aromatic rings. The topological polar surface area (TPSA) is 49.3 Å². The van der Waals surface area contributed by atoms with Crippen LogP contribution in [0.15, 0.2) is 22.7 Å². The number of hydrogen-bond donors (Lipinski definition) is 2. The zero-order chi connectivity index (χ0) is 13.4. The molecule has 0 saturated heterocycles. The number of thioether (sulfide) groups is 1. The van der Waals surface area contributed by atoms with E-state index in [0.29, 0.717) is 12.1 Å². The lowest BCUT2D eigenvalue weighted by molar-refractivity contribution is 0.0955. The van der Waals surface area contributed by atoms with E-state index in [4.69, 9.17) is 5.11 Å². The third kappa shape index (κ3) is 5.42. The SMILES string of the molecule is Cc1ccc(C(=O)NCCSCCCO)c(Br)c1. The van der Waals surface area contributed by atoms with Gasteiger partial charge >= 0.3 is 0 Å².